The van der Waals surface area contributed by atoms with Gasteiger partial charge < -0.3 is 13.8 Å². The maximum atomic E-state index is 12.6. The van der Waals surface area contributed by atoms with Gasteiger partial charge in [0.1, 0.15) is 5.76 Å². The van der Waals surface area contributed by atoms with Gasteiger partial charge in [-0.25, -0.2) is 0 Å². The van der Waals surface area contributed by atoms with Gasteiger partial charge in [-0.05, 0) is 18.6 Å². The molecule has 1 aliphatic heterocycles. The molecule has 140 valence electrons. The van der Waals surface area contributed by atoms with Crippen molar-refractivity contribution in [1.29, 1.82) is 0 Å². The molecule has 0 radical (unpaired) electrons. The average molecular weight is 377 g/mol. The number of fused-ring (bicyclic) bond motifs is 1. The van der Waals surface area contributed by atoms with Crippen LogP contribution in [0, 0.1) is 0 Å². The van der Waals surface area contributed by atoms with Gasteiger partial charge in [0.05, 0.1) is 18.7 Å². The monoisotopic (exact) mass is 377 g/mol. The van der Waals surface area contributed by atoms with Gasteiger partial charge in [-0.1, -0.05) is 29.4 Å². The highest BCUT2D eigenvalue weighted by Crippen LogP contribution is 2.31. The van der Waals surface area contributed by atoms with E-state index in [-0.39, 0.29) is 17.6 Å². The molecule has 6 nitrogen and oxygen atoms in total. The molecule has 3 heterocycles. The Morgan fingerprint density at radius 3 is 2.63 bits per heavy atom. The Labute approximate surface area is 151 Å². The number of rotatable bonds is 3. The third-order valence-corrected chi connectivity index (χ3v) is 4.52. The second-order valence-corrected chi connectivity index (χ2v) is 6.33. The number of hydrogen-bond acceptors (Lipinski definition) is 5. The van der Waals surface area contributed by atoms with Crippen molar-refractivity contribution >= 4 is 5.91 Å². The normalized spacial score (nSPS) is 17.3. The molecule has 1 amide bonds. The largest absolute Gasteiger partial charge is 0.471 e. The summed E-state index contributed by atoms with van der Waals surface area (Å²) in [6.45, 7) is 2.58. The number of alkyl halides is 3. The van der Waals surface area contributed by atoms with Crippen molar-refractivity contribution < 1.29 is 26.9 Å². The number of carbonyl (C=O) groups is 1. The Bertz CT molecular complexity index is 976. The maximum Gasteiger partial charge on any atom is 0.471 e. The zero-order chi connectivity index (χ0) is 19.2. The van der Waals surface area contributed by atoms with Gasteiger partial charge >= 0.3 is 12.1 Å². The molecule has 4 rings (SSSR count). The number of nitrogens with zero attached hydrogens (tertiary/aromatic N) is 3. The molecule has 1 unspecified atom stereocenters. The summed E-state index contributed by atoms with van der Waals surface area (Å²) in [7, 11) is 0. The summed E-state index contributed by atoms with van der Waals surface area (Å²) < 4.78 is 47.3. The molecular weight excluding hydrogens is 363 g/mol. The highest BCUT2D eigenvalue weighted by molar-refractivity contribution is 5.85. The topological polar surface area (TPSA) is 72.4 Å². The van der Waals surface area contributed by atoms with Crippen molar-refractivity contribution in [2.45, 2.75) is 32.1 Å². The zero-order valence-corrected chi connectivity index (χ0v) is 14.2. The number of halogens is 3. The summed E-state index contributed by atoms with van der Waals surface area (Å²) in [5.74, 6) is -1.03. The molecule has 3 aromatic rings. The first-order chi connectivity index (χ1) is 12.8. The molecule has 0 bridgehead atoms. The van der Waals surface area contributed by atoms with Crippen molar-refractivity contribution in [3.8, 4) is 11.4 Å². The van der Waals surface area contributed by atoms with Crippen LogP contribution in [0.3, 0.4) is 0 Å². The second kappa shape index (κ2) is 6.26. The first kappa shape index (κ1) is 17.3. The molecule has 1 aromatic carbocycles. The van der Waals surface area contributed by atoms with Gasteiger partial charge in [0.15, 0.2) is 0 Å². The van der Waals surface area contributed by atoms with Gasteiger partial charge in [0.2, 0.25) is 11.7 Å². The van der Waals surface area contributed by atoms with Crippen LogP contribution in [0.25, 0.3) is 11.4 Å². The second-order valence-electron chi connectivity index (χ2n) is 6.33. The summed E-state index contributed by atoms with van der Waals surface area (Å²) >= 11 is 0. The first-order valence-corrected chi connectivity index (χ1v) is 8.18. The smallest absolute Gasteiger partial charge is 0.467 e. The van der Waals surface area contributed by atoms with Crippen LogP contribution in [0.1, 0.15) is 35.6 Å². The Hall–Kier alpha value is -3.10. The maximum absolute atomic E-state index is 12.6. The molecule has 2 aromatic heterocycles. The molecule has 0 fully saturated rings. The lowest BCUT2D eigenvalue weighted by molar-refractivity contribution is -0.159. The minimum atomic E-state index is -4.68. The van der Waals surface area contributed by atoms with Crippen LogP contribution >= 0.6 is 0 Å². The molecule has 1 aliphatic rings. The van der Waals surface area contributed by atoms with Crippen molar-refractivity contribution in [2.24, 2.45) is 0 Å². The van der Waals surface area contributed by atoms with Gasteiger partial charge in [-0.3, -0.25) is 4.79 Å². The Morgan fingerprint density at radius 1 is 1.22 bits per heavy atom. The zero-order valence-electron chi connectivity index (χ0n) is 14.2. The summed E-state index contributed by atoms with van der Waals surface area (Å²) in [5, 5.41) is 3.36. The van der Waals surface area contributed by atoms with Crippen molar-refractivity contribution in [1.82, 2.24) is 15.0 Å². The van der Waals surface area contributed by atoms with Gasteiger partial charge in [0.25, 0.3) is 0 Å². The van der Waals surface area contributed by atoms with Crippen LogP contribution in [0.15, 0.2) is 45.5 Å². The number of furan rings is 1. The fourth-order valence-electron chi connectivity index (χ4n) is 3.09. The fraction of sp³-hybridized carbons (Fsp3) is 0.278. The number of hydrogen-bond donors (Lipinski definition) is 0. The molecule has 0 saturated carbocycles. The number of aromatic nitrogens is 2. The molecule has 9 heteroatoms. The minimum absolute atomic E-state index is 0.000892. The highest BCUT2D eigenvalue weighted by Gasteiger charge is 2.38. The lowest BCUT2D eigenvalue weighted by Gasteiger charge is -2.30. The van der Waals surface area contributed by atoms with Crippen LogP contribution < -0.4 is 0 Å². The van der Waals surface area contributed by atoms with E-state index in [1.165, 1.54) is 0 Å². The lowest BCUT2D eigenvalue weighted by Crippen LogP contribution is -2.37. The van der Waals surface area contributed by atoms with E-state index in [9.17, 15) is 18.0 Å². The predicted octanol–water partition coefficient (Wildman–Crippen LogP) is 3.99. The van der Waals surface area contributed by atoms with E-state index in [0.29, 0.717) is 18.7 Å². The Kier molecular flexibility index (Phi) is 4.01. The molecule has 1 atom stereocenters. The molecule has 27 heavy (non-hydrogen) atoms. The number of carbonyl (C=O) groups excluding carboxylic acids is 1. The van der Waals surface area contributed by atoms with Crippen molar-refractivity contribution in [3.63, 3.8) is 0 Å². The Morgan fingerprint density at radius 2 is 1.96 bits per heavy atom. The standard InChI is InChI=1S/C18H14F3N3O3/c1-10-13-6-7-26-14(13)9-24(16(10)25)8-11-2-4-12(5-3-11)15-22-17(27-23-15)18(19,20)21/h2-7,10H,8-9H2,1H3. The van der Waals surface area contributed by atoms with Crippen molar-refractivity contribution in [2.75, 3.05) is 0 Å². The van der Waals surface area contributed by atoms with E-state index in [0.717, 1.165) is 16.9 Å². The van der Waals surface area contributed by atoms with Gasteiger partial charge in [-0.2, -0.15) is 18.2 Å². The van der Waals surface area contributed by atoms with Crippen LogP contribution in [0.5, 0.6) is 0 Å². The van der Waals surface area contributed by atoms with E-state index in [2.05, 4.69) is 14.7 Å². The summed E-state index contributed by atoms with van der Waals surface area (Å²) in [6, 6.07) is 8.43. The lowest BCUT2D eigenvalue weighted by atomic mass is 9.95. The molecule has 0 saturated heterocycles. The van der Waals surface area contributed by atoms with E-state index in [4.69, 9.17) is 4.42 Å². The number of benzene rings is 1. The van der Waals surface area contributed by atoms with E-state index < -0.39 is 12.1 Å². The highest BCUT2D eigenvalue weighted by atomic mass is 19.4. The van der Waals surface area contributed by atoms with Gasteiger partial charge in [-0.15, -0.1) is 0 Å². The molecule has 0 aliphatic carbocycles. The summed E-state index contributed by atoms with van der Waals surface area (Å²) in [4.78, 5) is 17.6. The molecule has 0 N–H and O–H groups in total. The van der Waals surface area contributed by atoms with E-state index >= 15 is 0 Å². The molecular formula is C18H14F3N3O3. The Balaban J connectivity index is 1.50. The minimum Gasteiger partial charge on any atom is -0.467 e. The third kappa shape index (κ3) is 3.20. The van der Waals surface area contributed by atoms with Crippen LogP contribution in [-0.2, 0) is 24.1 Å². The van der Waals surface area contributed by atoms with Crippen molar-refractivity contribution in [3.05, 3.63) is 59.4 Å². The van der Waals surface area contributed by atoms with Crippen LogP contribution in [-0.4, -0.2) is 20.9 Å². The summed E-state index contributed by atoms with van der Waals surface area (Å²) in [6.07, 6.45) is -3.10. The van der Waals surface area contributed by atoms with Crippen LogP contribution in [0.4, 0.5) is 13.2 Å². The molecule has 0 spiro atoms. The average Bonchev–Trinajstić information content (AvgIpc) is 3.29. The summed E-state index contributed by atoms with van der Waals surface area (Å²) in [5.41, 5.74) is 2.13. The fourth-order valence-corrected chi connectivity index (χ4v) is 3.09. The number of amides is 1. The van der Waals surface area contributed by atoms with E-state index in [1.807, 2.05) is 13.0 Å². The van der Waals surface area contributed by atoms with Crippen LogP contribution in [0.2, 0.25) is 0 Å². The first-order valence-electron chi connectivity index (χ1n) is 8.18. The quantitative estimate of drug-likeness (QED) is 0.690. The van der Waals surface area contributed by atoms with Gasteiger partial charge in [0, 0.05) is 17.7 Å². The third-order valence-electron chi connectivity index (χ3n) is 4.52. The predicted molar refractivity (Wildman–Crippen MR) is 86.1 cm³/mol. The van der Waals surface area contributed by atoms with E-state index in [1.54, 1.807) is 35.4 Å². The SMILES string of the molecule is CC1C(=O)N(Cc2ccc(-c3noc(C(F)(F)F)n3)cc2)Cc2occc21.